The average molecular weight is 601 g/mol. The van der Waals surface area contributed by atoms with Crippen LogP contribution in [0.4, 0.5) is 5.69 Å². The molecule has 234 valence electrons. The van der Waals surface area contributed by atoms with Gasteiger partial charge in [0.15, 0.2) is 0 Å². The third-order valence-corrected chi connectivity index (χ3v) is 7.47. The first-order valence-electron chi connectivity index (χ1n) is 15.4. The predicted octanol–water partition coefficient (Wildman–Crippen LogP) is 7.10. The Kier molecular flexibility index (Phi) is 12.3. The topological polar surface area (TPSA) is 94.3 Å². The molecule has 4 rings (SSSR count). The van der Waals surface area contributed by atoms with Crippen molar-refractivity contribution in [2.75, 3.05) is 26.3 Å². The minimum absolute atomic E-state index is 0.0645. The second-order valence-corrected chi connectivity index (χ2v) is 11.8. The number of nitrogens with zero attached hydrogens (tertiary/aromatic N) is 2. The highest BCUT2D eigenvalue weighted by atomic mass is 16.7. The van der Waals surface area contributed by atoms with E-state index in [1.54, 1.807) is 6.07 Å². The van der Waals surface area contributed by atoms with Gasteiger partial charge in [-0.15, -0.1) is 0 Å². The van der Waals surface area contributed by atoms with Crippen LogP contribution in [0.1, 0.15) is 79.9 Å². The molecule has 0 radical (unpaired) electrons. The van der Waals surface area contributed by atoms with E-state index in [2.05, 4.69) is 41.0 Å². The Morgan fingerprint density at radius 1 is 1.05 bits per heavy atom. The number of hydrogen-bond acceptors (Lipinski definition) is 7. The molecular formula is C36H44N2O6. The van der Waals surface area contributed by atoms with Crippen molar-refractivity contribution in [1.82, 2.24) is 4.90 Å². The fourth-order valence-corrected chi connectivity index (χ4v) is 5.21. The fraction of sp³-hybridized carbons (Fsp3) is 0.444. The van der Waals surface area contributed by atoms with Crippen LogP contribution in [0, 0.1) is 28.9 Å². The van der Waals surface area contributed by atoms with Gasteiger partial charge in [-0.2, -0.15) is 0 Å². The second-order valence-electron chi connectivity index (χ2n) is 11.8. The van der Waals surface area contributed by atoms with Crippen molar-refractivity contribution >= 4 is 5.69 Å². The van der Waals surface area contributed by atoms with Gasteiger partial charge in [0.25, 0.3) is 5.69 Å². The molecule has 1 heterocycles. The van der Waals surface area contributed by atoms with E-state index < -0.39 is 16.8 Å². The number of rotatable bonds is 15. The number of aliphatic hydroxyl groups is 1. The van der Waals surface area contributed by atoms with Gasteiger partial charge in [0.05, 0.1) is 24.2 Å². The highest BCUT2D eigenvalue weighted by molar-refractivity contribution is 5.46. The Bertz CT molecular complexity index is 1430. The summed E-state index contributed by atoms with van der Waals surface area (Å²) in [5.41, 5.74) is 4.60. The second kappa shape index (κ2) is 16.4. The van der Waals surface area contributed by atoms with Crippen LogP contribution >= 0.6 is 0 Å². The molecule has 0 amide bonds. The summed E-state index contributed by atoms with van der Waals surface area (Å²) in [6.07, 6.45) is 4.14. The number of hydrogen-bond donors (Lipinski definition) is 1. The molecule has 3 aromatic carbocycles. The fourth-order valence-electron chi connectivity index (χ4n) is 5.21. The van der Waals surface area contributed by atoms with E-state index in [1.165, 1.54) is 11.6 Å². The lowest BCUT2D eigenvalue weighted by molar-refractivity contribution is -0.384. The van der Waals surface area contributed by atoms with Crippen molar-refractivity contribution in [2.24, 2.45) is 0 Å². The summed E-state index contributed by atoms with van der Waals surface area (Å²) in [5.74, 6) is 6.22. The number of fused-ring (bicyclic) bond motifs is 1. The van der Waals surface area contributed by atoms with E-state index in [9.17, 15) is 15.2 Å². The summed E-state index contributed by atoms with van der Waals surface area (Å²) in [6.45, 7) is 9.54. The van der Waals surface area contributed by atoms with E-state index in [1.807, 2.05) is 51.1 Å². The van der Waals surface area contributed by atoms with Crippen LogP contribution in [0.25, 0.3) is 0 Å². The summed E-state index contributed by atoms with van der Waals surface area (Å²) in [7, 11) is 0. The molecule has 1 atom stereocenters. The first kappa shape index (κ1) is 33.2. The van der Waals surface area contributed by atoms with Gasteiger partial charge in [-0.1, -0.05) is 61.1 Å². The van der Waals surface area contributed by atoms with Gasteiger partial charge >= 0.3 is 0 Å². The maximum absolute atomic E-state index is 11.2. The molecule has 8 heteroatoms. The third-order valence-electron chi connectivity index (χ3n) is 7.47. The normalized spacial score (nSPS) is 14.3. The number of ether oxygens (including phenoxy) is 3. The van der Waals surface area contributed by atoms with E-state index in [0.717, 1.165) is 61.2 Å². The van der Waals surface area contributed by atoms with Crippen LogP contribution in [0.5, 0.6) is 5.75 Å². The molecule has 0 saturated heterocycles. The van der Waals surface area contributed by atoms with E-state index in [-0.39, 0.29) is 5.69 Å². The maximum Gasteiger partial charge on any atom is 0.270 e. The summed E-state index contributed by atoms with van der Waals surface area (Å²) < 4.78 is 17.4. The summed E-state index contributed by atoms with van der Waals surface area (Å²) >= 11 is 0. The lowest BCUT2D eigenvalue weighted by Crippen LogP contribution is -2.35. The summed E-state index contributed by atoms with van der Waals surface area (Å²) in [5, 5.41) is 22.2. The zero-order valence-electron chi connectivity index (χ0n) is 26.1. The lowest BCUT2D eigenvalue weighted by Gasteiger charge is -2.33. The number of nitro benzene ring substituents is 1. The first-order valence-corrected chi connectivity index (χ1v) is 15.4. The Hall–Kier alpha value is -3.74. The molecule has 3 aromatic rings. The number of non-ortho nitro benzene ring substituents is 1. The molecule has 0 unspecified atom stereocenters. The van der Waals surface area contributed by atoms with Crippen LogP contribution in [-0.4, -0.2) is 47.0 Å². The Labute approximate surface area is 261 Å². The van der Waals surface area contributed by atoms with Crippen LogP contribution in [0.15, 0.2) is 66.7 Å². The zero-order chi connectivity index (χ0) is 31.4. The molecule has 8 nitrogen and oxygen atoms in total. The van der Waals surface area contributed by atoms with Gasteiger partial charge in [0.2, 0.25) is 5.79 Å². The molecule has 0 aliphatic carbocycles. The Morgan fingerprint density at radius 3 is 2.64 bits per heavy atom. The third kappa shape index (κ3) is 10.8. The summed E-state index contributed by atoms with van der Waals surface area (Å²) in [6, 6.07) is 21.2. The van der Waals surface area contributed by atoms with Gasteiger partial charge in [-0.3, -0.25) is 15.0 Å². The Balaban J connectivity index is 1.17. The molecule has 0 saturated carbocycles. The van der Waals surface area contributed by atoms with E-state index in [4.69, 9.17) is 14.2 Å². The van der Waals surface area contributed by atoms with Crippen molar-refractivity contribution in [3.05, 3.63) is 105 Å². The molecule has 44 heavy (non-hydrogen) atoms. The molecule has 1 aliphatic heterocycles. The van der Waals surface area contributed by atoms with Crippen molar-refractivity contribution < 1.29 is 24.2 Å². The smallest absolute Gasteiger partial charge is 0.270 e. The van der Waals surface area contributed by atoms with Crippen molar-refractivity contribution in [3.8, 4) is 17.6 Å². The molecule has 0 bridgehead atoms. The number of benzene rings is 3. The number of aliphatic hydroxyl groups excluding tert-OH is 1. The van der Waals surface area contributed by atoms with Crippen LogP contribution in [0.2, 0.25) is 0 Å². The van der Waals surface area contributed by atoms with Crippen molar-refractivity contribution in [2.45, 2.75) is 77.9 Å². The van der Waals surface area contributed by atoms with Crippen LogP contribution in [0.3, 0.4) is 0 Å². The molecule has 1 aliphatic rings. The van der Waals surface area contributed by atoms with Gasteiger partial charge in [-0.05, 0) is 61.2 Å². The monoisotopic (exact) mass is 600 g/mol. The van der Waals surface area contributed by atoms with Gasteiger partial charge in [-0.25, -0.2) is 0 Å². The SMILES string of the molecule is Cc1cc(C#CCCOCCCCCCN(Cc2ccccc2)C[C@H](O)c2ccc3c(c2)COC(C)(C)O3)cc([N+](=O)[O-])c1. The van der Waals surface area contributed by atoms with Gasteiger partial charge in [0, 0.05) is 63.2 Å². The minimum atomic E-state index is -0.642. The van der Waals surface area contributed by atoms with Gasteiger partial charge < -0.3 is 19.3 Å². The van der Waals surface area contributed by atoms with E-state index in [0.29, 0.717) is 38.3 Å². The molecular weight excluding hydrogens is 556 g/mol. The number of unbranched alkanes of at least 4 members (excludes halogenated alkanes) is 3. The van der Waals surface area contributed by atoms with Crippen molar-refractivity contribution in [1.29, 1.82) is 0 Å². The standard InChI is InChI=1S/C36H44N2O6/c1-28-21-30(23-33(22-28)38(40)41)15-9-12-20-42-19-11-5-4-10-18-37(25-29-13-7-6-8-14-29)26-34(39)31-16-17-35-32(24-31)27-43-36(2,3)44-35/h6-8,13-14,16-17,21-24,34,39H,4-5,10-12,18-20,25-27H2,1-3H3/t34-/m0/s1. The number of nitro groups is 1. The Morgan fingerprint density at radius 2 is 1.84 bits per heavy atom. The molecule has 1 N–H and O–H groups in total. The van der Waals surface area contributed by atoms with E-state index >= 15 is 0 Å². The minimum Gasteiger partial charge on any atom is -0.463 e. The predicted molar refractivity (Wildman–Crippen MR) is 171 cm³/mol. The average Bonchev–Trinajstić information content (AvgIpc) is 2.99. The van der Waals surface area contributed by atoms with Crippen LogP contribution in [-0.2, 0) is 22.6 Å². The van der Waals surface area contributed by atoms with Crippen LogP contribution < -0.4 is 4.74 Å². The number of aryl methyl sites for hydroxylation is 1. The van der Waals surface area contributed by atoms with Gasteiger partial charge in [0.1, 0.15) is 5.75 Å². The zero-order valence-corrected chi connectivity index (χ0v) is 26.1. The highest BCUT2D eigenvalue weighted by Crippen LogP contribution is 2.33. The quantitative estimate of drug-likeness (QED) is 0.0860. The molecule has 0 fully saturated rings. The molecule has 0 aromatic heterocycles. The van der Waals surface area contributed by atoms with Crippen molar-refractivity contribution in [3.63, 3.8) is 0 Å². The maximum atomic E-state index is 11.2. The largest absolute Gasteiger partial charge is 0.463 e. The summed E-state index contributed by atoms with van der Waals surface area (Å²) in [4.78, 5) is 13.0. The first-order chi connectivity index (χ1) is 21.2. The highest BCUT2D eigenvalue weighted by Gasteiger charge is 2.28. The molecule has 0 spiro atoms. The lowest BCUT2D eigenvalue weighted by atomic mass is 10.0.